The van der Waals surface area contributed by atoms with Crippen molar-refractivity contribution in [1.29, 1.82) is 0 Å². The molecule has 2 aromatic heterocycles. The molecule has 0 fully saturated rings. The molecule has 0 aliphatic heterocycles. The van der Waals surface area contributed by atoms with E-state index in [1.54, 1.807) is 24.3 Å². The van der Waals surface area contributed by atoms with Crippen molar-refractivity contribution in [2.75, 3.05) is 0 Å². The van der Waals surface area contributed by atoms with Gasteiger partial charge in [-0.15, -0.1) is 0 Å². The number of hydrogen-bond donors (Lipinski definition) is 1. The van der Waals surface area contributed by atoms with Crippen molar-refractivity contribution in [2.24, 2.45) is 7.05 Å². The van der Waals surface area contributed by atoms with Crippen LogP contribution in [0.25, 0.3) is 22.4 Å². The van der Waals surface area contributed by atoms with Crippen LogP contribution in [0.4, 0.5) is 4.39 Å². The Hall–Kier alpha value is -3.41. The van der Waals surface area contributed by atoms with Gasteiger partial charge in [0.1, 0.15) is 17.4 Å². The van der Waals surface area contributed by atoms with Gasteiger partial charge in [0.05, 0.1) is 23.1 Å². The van der Waals surface area contributed by atoms with Crippen LogP contribution in [0.3, 0.4) is 0 Å². The largest absolute Gasteiger partial charge is 0.451 e. The van der Waals surface area contributed by atoms with Gasteiger partial charge in [-0.1, -0.05) is 24.3 Å². The van der Waals surface area contributed by atoms with Crippen molar-refractivity contribution in [3.8, 4) is 11.3 Å². The molecule has 1 amide bonds. The molecule has 0 bridgehead atoms. The van der Waals surface area contributed by atoms with Gasteiger partial charge >= 0.3 is 0 Å². The summed E-state index contributed by atoms with van der Waals surface area (Å²) in [6, 6.07) is 17.2. The molecule has 4 rings (SSSR count). The Kier molecular flexibility index (Phi) is 4.01. The molecule has 26 heavy (non-hydrogen) atoms. The molecule has 0 radical (unpaired) electrons. The molecule has 6 heteroatoms. The third-order valence-corrected chi connectivity index (χ3v) is 4.26. The van der Waals surface area contributed by atoms with Crippen molar-refractivity contribution in [1.82, 2.24) is 14.9 Å². The average Bonchev–Trinajstić information content (AvgIpc) is 3.26. The van der Waals surface area contributed by atoms with Crippen LogP contribution in [-0.2, 0) is 13.6 Å². The van der Waals surface area contributed by atoms with E-state index in [1.807, 2.05) is 35.9 Å². The number of halogens is 1. The quantitative estimate of drug-likeness (QED) is 0.608. The van der Waals surface area contributed by atoms with E-state index in [9.17, 15) is 9.18 Å². The fraction of sp³-hybridized carbons (Fsp3) is 0.100. The lowest BCUT2D eigenvalue weighted by atomic mass is 10.1. The van der Waals surface area contributed by atoms with Gasteiger partial charge in [-0.05, 0) is 36.4 Å². The van der Waals surface area contributed by atoms with Gasteiger partial charge in [-0.3, -0.25) is 4.79 Å². The number of aryl methyl sites for hydroxylation is 1. The Morgan fingerprint density at radius 3 is 2.69 bits per heavy atom. The van der Waals surface area contributed by atoms with Gasteiger partial charge in [0, 0.05) is 7.05 Å². The van der Waals surface area contributed by atoms with E-state index >= 15 is 0 Å². The lowest BCUT2D eigenvalue weighted by Gasteiger charge is -2.04. The Balaban J connectivity index is 1.50. The van der Waals surface area contributed by atoms with E-state index in [1.165, 1.54) is 12.1 Å². The first-order valence-corrected chi connectivity index (χ1v) is 8.17. The molecule has 5 nitrogen and oxygen atoms in total. The minimum absolute atomic E-state index is 0.127. The molecule has 2 aromatic carbocycles. The molecular formula is C20H16FN3O2. The molecule has 0 atom stereocenters. The summed E-state index contributed by atoms with van der Waals surface area (Å²) in [6.07, 6.45) is 0. The minimum Gasteiger partial charge on any atom is -0.451 e. The van der Waals surface area contributed by atoms with Crippen molar-refractivity contribution >= 4 is 16.9 Å². The summed E-state index contributed by atoms with van der Waals surface area (Å²) in [5.74, 6) is 0.409. The predicted octanol–water partition coefficient (Wildman–Crippen LogP) is 3.90. The van der Waals surface area contributed by atoms with Crippen LogP contribution in [0.5, 0.6) is 0 Å². The van der Waals surface area contributed by atoms with Crippen molar-refractivity contribution in [3.63, 3.8) is 0 Å². The van der Waals surface area contributed by atoms with E-state index in [2.05, 4.69) is 10.3 Å². The molecule has 130 valence electrons. The number of nitrogens with zero attached hydrogens (tertiary/aromatic N) is 2. The zero-order valence-electron chi connectivity index (χ0n) is 14.1. The number of carbonyl (C=O) groups excluding carboxylic acids is 1. The molecular weight excluding hydrogens is 333 g/mol. The zero-order chi connectivity index (χ0) is 18.1. The highest BCUT2D eigenvalue weighted by molar-refractivity contribution is 5.92. The SMILES string of the molecule is Cn1c(CNC(=O)c2ccc(-c3ccccc3F)o2)nc2ccccc21. The molecule has 2 heterocycles. The van der Waals surface area contributed by atoms with Crippen molar-refractivity contribution < 1.29 is 13.6 Å². The van der Waals surface area contributed by atoms with E-state index in [0.29, 0.717) is 11.3 Å². The van der Waals surface area contributed by atoms with Crippen LogP contribution < -0.4 is 5.32 Å². The highest BCUT2D eigenvalue weighted by Gasteiger charge is 2.15. The molecule has 0 saturated carbocycles. The van der Waals surface area contributed by atoms with Crippen LogP contribution in [-0.4, -0.2) is 15.5 Å². The first-order valence-electron chi connectivity index (χ1n) is 8.17. The van der Waals surface area contributed by atoms with Crippen molar-refractivity contribution in [2.45, 2.75) is 6.54 Å². The fourth-order valence-electron chi connectivity index (χ4n) is 2.87. The topological polar surface area (TPSA) is 60.1 Å². The number of furan rings is 1. The molecule has 0 aliphatic rings. The zero-order valence-corrected chi connectivity index (χ0v) is 14.1. The number of aromatic nitrogens is 2. The van der Waals surface area contributed by atoms with Gasteiger partial charge < -0.3 is 14.3 Å². The monoisotopic (exact) mass is 349 g/mol. The maximum atomic E-state index is 13.8. The first kappa shape index (κ1) is 16.1. The maximum absolute atomic E-state index is 13.8. The molecule has 0 unspecified atom stereocenters. The minimum atomic E-state index is -0.395. The number of para-hydroxylation sites is 2. The molecule has 1 N–H and O–H groups in total. The number of nitrogens with one attached hydrogen (secondary N) is 1. The average molecular weight is 349 g/mol. The predicted molar refractivity (Wildman–Crippen MR) is 96.0 cm³/mol. The maximum Gasteiger partial charge on any atom is 0.287 e. The summed E-state index contributed by atoms with van der Waals surface area (Å²) >= 11 is 0. The van der Waals surface area contributed by atoms with Gasteiger partial charge in [0.15, 0.2) is 5.76 Å². The van der Waals surface area contributed by atoms with E-state index in [4.69, 9.17) is 4.42 Å². The summed E-state index contributed by atoms with van der Waals surface area (Å²) in [7, 11) is 1.90. The lowest BCUT2D eigenvalue weighted by Crippen LogP contribution is -2.23. The summed E-state index contributed by atoms with van der Waals surface area (Å²) in [6.45, 7) is 0.264. The summed E-state index contributed by atoms with van der Waals surface area (Å²) in [4.78, 5) is 16.8. The standard InChI is InChI=1S/C20H16FN3O2/c1-24-16-9-5-4-8-15(16)23-19(24)12-22-20(25)18-11-10-17(26-18)13-6-2-3-7-14(13)21/h2-11H,12H2,1H3,(H,22,25). The van der Waals surface area contributed by atoms with Crippen LogP contribution in [0.15, 0.2) is 65.1 Å². The third-order valence-electron chi connectivity index (χ3n) is 4.26. The number of fused-ring (bicyclic) bond motifs is 1. The fourth-order valence-corrected chi connectivity index (χ4v) is 2.87. The van der Waals surface area contributed by atoms with Gasteiger partial charge in [-0.2, -0.15) is 0 Å². The Bertz CT molecular complexity index is 1100. The van der Waals surface area contributed by atoms with Gasteiger partial charge in [-0.25, -0.2) is 9.37 Å². The molecule has 0 saturated heterocycles. The smallest absolute Gasteiger partial charge is 0.287 e. The number of imidazole rings is 1. The van der Waals surface area contributed by atoms with E-state index < -0.39 is 5.82 Å². The molecule has 4 aromatic rings. The number of benzene rings is 2. The summed E-state index contributed by atoms with van der Waals surface area (Å²) in [5.41, 5.74) is 2.19. The number of hydrogen-bond acceptors (Lipinski definition) is 3. The highest BCUT2D eigenvalue weighted by Crippen LogP contribution is 2.24. The first-order chi connectivity index (χ1) is 12.6. The Morgan fingerprint density at radius 2 is 1.88 bits per heavy atom. The second kappa shape index (κ2) is 6.48. The lowest BCUT2D eigenvalue weighted by molar-refractivity contribution is 0.0922. The van der Waals surface area contributed by atoms with Crippen LogP contribution in [0, 0.1) is 5.82 Å². The van der Waals surface area contributed by atoms with Crippen LogP contribution in [0.1, 0.15) is 16.4 Å². The van der Waals surface area contributed by atoms with Crippen LogP contribution >= 0.6 is 0 Å². The number of amides is 1. The second-order valence-corrected chi connectivity index (χ2v) is 5.90. The summed E-state index contributed by atoms with van der Waals surface area (Å²) in [5, 5.41) is 2.79. The van der Waals surface area contributed by atoms with Crippen LogP contribution in [0.2, 0.25) is 0 Å². The van der Waals surface area contributed by atoms with E-state index in [0.717, 1.165) is 16.9 Å². The number of rotatable bonds is 4. The number of carbonyl (C=O) groups is 1. The Labute approximate surface area is 149 Å². The highest BCUT2D eigenvalue weighted by atomic mass is 19.1. The summed E-state index contributed by atoms with van der Waals surface area (Å²) < 4.78 is 21.3. The second-order valence-electron chi connectivity index (χ2n) is 5.90. The van der Waals surface area contributed by atoms with Crippen molar-refractivity contribution in [3.05, 3.63) is 78.1 Å². The van der Waals surface area contributed by atoms with E-state index in [-0.39, 0.29) is 18.2 Å². The van der Waals surface area contributed by atoms with Gasteiger partial charge in [0.25, 0.3) is 5.91 Å². The molecule has 0 spiro atoms. The third kappa shape index (κ3) is 2.86. The van der Waals surface area contributed by atoms with Gasteiger partial charge in [0.2, 0.25) is 0 Å². The molecule has 0 aliphatic carbocycles. The Morgan fingerprint density at radius 1 is 1.12 bits per heavy atom. The normalized spacial score (nSPS) is 11.0.